The molecule has 19 heavy (non-hydrogen) atoms. The third kappa shape index (κ3) is 2.27. The van der Waals surface area contributed by atoms with Crippen molar-refractivity contribution in [3.8, 4) is 0 Å². The van der Waals surface area contributed by atoms with Gasteiger partial charge in [0.05, 0.1) is 0 Å². The van der Waals surface area contributed by atoms with Crippen LogP contribution in [-0.4, -0.2) is 5.91 Å². The highest BCUT2D eigenvalue weighted by Crippen LogP contribution is 2.46. The molecule has 1 aliphatic heterocycles. The summed E-state index contributed by atoms with van der Waals surface area (Å²) in [6.07, 6.45) is 6.46. The van der Waals surface area contributed by atoms with Crippen molar-refractivity contribution in [3.63, 3.8) is 0 Å². The molecule has 1 heterocycles. The van der Waals surface area contributed by atoms with Crippen LogP contribution < -0.4 is 11.1 Å². The number of nitrogens with two attached hydrogens (primary N) is 1. The highest BCUT2D eigenvalue weighted by atomic mass is 16.1. The predicted octanol–water partition coefficient (Wildman–Crippen LogP) is 3.15. The van der Waals surface area contributed by atoms with Gasteiger partial charge in [-0.05, 0) is 41.9 Å². The molecular formula is C16H22N2O. The van der Waals surface area contributed by atoms with E-state index in [-0.39, 0.29) is 17.4 Å². The van der Waals surface area contributed by atoms with Crippen molar-refractivity contribution in [1.82, 2.24) is 0 Å². The van der Waals surface area contributed by atoms with E-state index in [1.54, 1.807) is 0 Å². The van der Waals surface area contributed by atoms with Crippen LogP contribution in [0.2, 0.25) is 0 Å². The molecule has 1 unspecified atom stereocenters. The lowest BCUT2D eigenvalue weighted by atomic mass is 9.77. The van der Waals surface area contributed by atoms with Crippen LogP contribution in [0.25, 0.3) is 0 Å². The summed E-state index contributed by atoms with van der Waals surface area (Å²) >= 11 is 0. The molecule has 0 bridgehead atoms. The zero-order valence-electron chi connectivity index (χ0n) is 11.5. The van der Waals surface area contributed by atoms with Gasteiger partial charge in [-0.3, -0.25) is 4.79 Å². The van der Waals surface area contributed by atoms with Crippen LogP contribution in [-0.2, 0) is 11.2 Å². The van der Waals surface area contributed by atoms with Crippen LogP contribution in [0, 0.1) is 5.41 Å². The predicted molar refractivity (Wildman–Crippen MR) is 76.9 cm³/mol. The maximum atomic E-state index is 11.4. The molecule has 3 nitrogen and oxygen atoms in total. The van der Waals surface area contributed by atoms with Crippen molar-refractivity contribution in [2.75, 3.05) is 5.32 Å². The highest BCUT2D eigenvalue weighted by molar-refractivity contribution is 5.93. The lowest BCUT2D eigenvalue weighted by Gasteiger charge is -2.32. The Kier molecular flexibility index (Phi) is 3.09. The van der Waals surface area contributed by atoms with Crippen molar-refractivity contribution in [1.29, 1.82) is 0 Å². The average molecular weight is 258 g/mol. The van der Waals surface area contributed by atoms with E-state index in [4.69, 9.17) is 5.73 Å². The summed E-state index contributed by atoms with van der Waals surface area (Å²) in [5, 5.41) is 2.93. The molecule has 3 N–H and O–H groups in total. The van der Waals surface area contributed by atoms with Gasteiger partial charge in [0.2, 0.25) is 5.91 Å². The molecule has 0 aromatic heterocycles. The molecule has 1 atom stereocenters. The van der Waals surface area contributed by atoms with Gasteiger partial charge in [-0.25, -0.2) is 0 Å². The number of hydrogen-bond acceptors (Lipinski definition) is 2. The molecular weight excluding hydrogens is 236 g/mol. The number of carbonyl (C=O) groups excluding carboxylic acids is 1. The maximum absolute atomic E-state index is 11.4. The van der Waals surface area contributed by atoms with E-state index >= 15 is 0 Å². The Morgan fingerprint density at radius 3 is 2.74 bits per heavy atom. The largest absolute Gasteiger partial charge is 0.326 e. The van der Waals surface area contributed by atoms with Crippen molar-refractivity contribution in [2.24, 2.45) is 11.1 Å². The van der Waals surface area contributed by atoms with Gasteiger partial charge in [-0.15, -0.1) is 0 Å². The molecule has 1 aromatic rings. The molecule has 1 aliphatic carbocycles. The summed E-state index contributed by atoms with van der Waals surface area (Å²) in [6, 6.07) is 6.40. The third-order valence-corrected chi connectivity index (χ3v) is 4.88. The van der Waals surface area contributed by atoms with E-state index in [0.717, 1.165) is 12.1 Å². The van der Waals surface area contributed by atoms with Gasteiger partial charge in [0.15, 0.2) is 0 Å². The second-order valence-electron chi connectivity index (χ2n) is 6.30. The van der Waals surface area contributed by atoms with Crippen LogP contribution in [0.1, 0.15) is 56.2 Å². The van der Waals surface area contributed by atoms with E-state index in [1.165, 1.54) is 36.8 Å². The third-order valence-electron chi connectivity index (χ3n) is 4.88. The van der Waals surface area contributed by atoms with Gasteiger partial charge >= 0.3 is 0 Å². The van der Waals surface area contributed by atoms with E-state index in [0.29, 0.717) is 6.42 Å². The van der Waals surface area contributed by atoms with E-state index < -0.39 is 0 Å². The number of rotatable bonds is 2. The zero-order chi connectivity index (χ0) is 13.5. The van der Waals surface area contributed by atoms with Gasteiger partial charge < -0.3 is 11.1 Å². The van der Waals surface area contributed by atoms with Crippen LogP contribution in [0.4, 0.5) is 5.69 Å². The lowest BCUT2D eigenvalue weighted by Crippen LogP contribution is -2.29. The number of benzene rings is 1. The first-order valence-corrected chi connectivity index (χ1v) is 7.27. The first-order valence-electron chi connectivity index (χ1n) is 7.27. The smallest absolute Gasteiger partial charge is 0.224 e. The Labute approximate surface area is 114 Å². The average Bonchev–Trinajstić information content (AvgIpc) is 2.85. The second kappa shape index (κ2) is 4.64. The fraction of sp³-hybridized carbons (Fsp3) is 0.562. The molecule has 0 radical (unpaired) electrons. The van der Waals surface area contributed by atoms with Crippen LogP contribution in [0.5, 0.6) is 0 Å². The van der Waals surface area contributed by atoms with E-state index in [1.807, 2.05) is 6.07 Å². The minimum atomic E-state index is 0.109. The number of hydrogen-bond donors (Lipinski definition) is 2. The number of anilines is 1. The number of fused-ring (bicyclic) bond motifs is 1. The van der Waals surface area contributed by atoms with Gasteiger partial charge in [0, 0.05) is 18.2 Å². The van der Waals surface area contributed by atoms with Crippen LogP contribution >= 0.6 is 0 Å². The Balaban J connectivity index is 1.88. The summed E-state index contributed by atoms with van der Waals surface area (Å²) in [6.45, 7) is 2.31. The number of amides is 1. The van der Waals surface area contributed by atoms with Crippen LogP contribution in [0.3, 0.4) is 0 Å². The van der Waals surface area contributed by atoms with E-state index in [2.05, 4.69) is 24.4 Å². The van der Waals surface area contributed by atoms with Gasteiger partial charge in [-0.2, -0.15) is 0 Å². The Hall–Kier alpha value is -1.35. The van der Waals surface area contributed by atoms with Crippen molar-refractivity contribution in [2.45, 2.75) is 51.5 Å². The Morgan fingerprint density at radius 1 is 1.26 bits per heavy atom. The summed E-state index contributed by atoms with van der Waals surface area (Å²) < 4.78 is 0. The van der Waals surface area contributed by atoms with E-state index in [9.17, 15) is 4.79 Å². The number of aryl methyl sites for hydroxylation is 1. The summed E-state index contributed by atoms with van der Waals surface area (Å²) in [5.41, 5.74) is 10.2. The normalized spacial score (nSPS) is 22.7. The number of carbonyl (C=O) groups is 1. The Morgan fingerprint density at radius 2 is 2.00 bits per heavy atom. The summed E-state index contributed by atoms with van der Waals surface area (Å²) in [5.74, 6) is 0.118. The molecule has 0 saturated heterocycles. The molecule has 1 saturated carbocycles. The fourth-order valence-electron chi connectivity index (χ4n) is 3.49. The monoisotopic (exact) mass is 258 g/mol. The molecule has 1 fully saturated rings. The highest BCUT2D eigenvalue weighted by Gasteiger charge is 2.35. The van der Waals surface area contributed by atoms with Crippen molar-refractivity contribution < 1.29 is 4.79 Å². The molecule has 0 spiro atoms. The standard InChI is InChI=1S/C16H22N2O/c1-16(8-2-3-9-16)15(17)12-4-6-13-11(10-12)5-7-14(19)18-13/h4,6,10,15H,2-3,5,7-9,17H2,1H3,(H,18,19). The molecule has 1 aromatic carbocycles. The van der Waals surface area contributed by atoms with Gasteiger partial charge in [0.25, 0.3) is 0 Å². The zero-order valence-corrected chi connectivity index (χ0v) is 11.5. The molecule has 3 rings (SSSR count). The number of nitrogens with one attached hydrogen (secondary N) is 1. The fourth-order valence-corrected chi connectivity index (χ4v) is 3.49. The van der Waals surface area contributed by atoms with Crippen molar-refractivity contribution in [3.05, 3.63) is 29.3 Å². The molecule has 2 aliphatic rings. The minimum absolute atomic E-state index is 0.109. The Bertz CT molecular complexity index is 503. The topological polar surface area (TPSA) is 55.1 Å². The quantitative estimate of drug-likeness (QED) is 0.856. The summed E-state index contributed by atoms with van der Waals surface area (Å²) in [7, 11) is 0. The summed E-state index contributed by atoms with van der Waals surface area (Å²) in [4.78, 5) is 11.4. The SMILES string of the molecule is CC1(C(N)c2ccc3c(c2)CCC(=O)N3)CCCC1. The molecule has 3 heteroatoms. The minimum Gasteiger partial charge on any atom is -0.326 e. The first kappa shape index (κ1) is 12.7. The second-order valence-corrected chi connectivity index (χ2v) is 6.30. The molecule has 1 amide bonds. The van der Waals surface area contributed by atoms with Crippen LogP contribution in [0.15, 0.2) is 18.2 Å². The van der Waals surface area contributed by atoms with Crippen molar-refractivity contribution >= 4 is 11.6 Å². The lowest BCUT2D eigenvalue weighted by molar-refractivity contribution is -0.116. The molecule has 102 valence electrons. The van der Waals surface area contributed by atoms with Gasteiger partial charge in [-0.1, -0.05) is 31.9 Å². The maximum Gasteiger partial charge on any atom is 0.224 e. The van der Waals surface area contributed by atoms with Gasteiger partial charge in [0.1, 0.15) is 0 Å². The first-order chi connectivity index (χ1) is 9.08.